The summed E-state index contributed by atoms with van der Waals surface area (Å²) in [6.45, 7) is 0. The molecule has 0 aromatic carbocycles. The van der Waals surface area contributed by atoms with Crippen molar-refractivity contribution in [2.45, 2.75) is 0 Å². The summed E-state index contributed by atoms with van der Waals surface area (Å²) in [6.07, 6.45) is 1.67. The molecule has 1 heterocycles. The number of hydrogen-bond donors (Lipinski definition) is 3. The molecule has 6 heteroatoms. The van der Waals surface area contributed by atoms with Crippen LogP contribution in [0.5, 0.6) is 0 Å². The molecule has 0 amide bonds. The van der Waals surface area contributed by atoms with Gasteiger partial charge in [-0.15, -0.1) is 0 Å². The van der Waals surface area contributed by atoms with E-state index in [1.165, 1.54) is 0 Å². The molecule has 0 radical (unpaired) electrons. The third kappa shape index (κ3) is 1.89. The lowest BCUT2D eigenvalue weighted by Crippen LogP contribution is -2.34. The van der Waals surface area contributed by atoms with Crippen molar-refractivity contribution in [3.8, 4) is 0 Å². The molecule has 5 nitrogen and oxygen atoms in total. The van der Waals surface area contributed by atoms with E-state index in [0.717, 1.165) is 5.82 Å². The van der Waals surface area contributed by atoms with Gasteiger partial charge in [-0.05, 0) is 12.2 Å². The summed E-state index contributed by atoms with van der Waals surface area (Å²) in [4.78, 5) is 0. The van der Waals surface area contributed by atoms with Gasteiger partial charge in [0.2, 0.25) is 0 Å². The highest BCUT2D eigenvalue weighted by Gasteiger charge is 1.97. The van der Waals surface area contributed by atoms with E-state index < -0.39 is 0 Å². The Morgan fingerprint density at radius 3 is 3.00 bits per heavy atom. The molecule has 1 rings (SSSR count). The monoisotopic (exact) mass is 171 g/mol. The van der Waals surface area contributed by atoms with Gasteiger partial charge in [-0.25, -0.2) is 5.84 Å². The Bertz CT molecular complexity index is 255. The number of nitrogens with two attached hydrogens (primary N) is 1. The van der Waals surface area contributed by atoms with Gasteiger partial charge in [-0.2, -0.15) is 5.10 Å². The summed E-state index contributed by atoms with van der Waals surface area (Å²) in [7, 11) is 1.81. The Labute approximate surface area is 69.5 Å². The first-order chi connectivity index (χ1) is 5.24. The molecular weight excluding hydrogens is 162 g/mol. The molecule has 0 spiro atoms. The third-order valence-corrected chi connectivity index (χ3v) is 1.41. The lowest BCUT2D eigenvalue weighted by Gasteiger charge is -2.05. The molecule has 60 valence electrons. The van der Waals surface area contributed by atoms with Crippen molar-refractivity contribution in [3.63, 3.8) is 0 Å². The number of nitrogens with zero attached hydrogens (tertiary/aromatic N) is 2. The van der Waals surface area contributed by atoms with E-state index in [1.807, 2.05) is 7.05 Å². The number of nitrogens with one attached hydrogen (secondary N) is 2. The minimum atomic E-state index is 0.369. The molecule has 11 heavy (non-hydrogen) atoms. The Kier molecular flexibility index (Phi) is 2.40. The van der Waals surface area contributed by atoms with Crippen LogP contribution >= 0.6 is 12.2 Å². The fourth-order valence-electron chi connectivity index (χ4n) is 0.649. The van der Waals surface area contributed by atoms with Crippen LogP contribution in [0.4, 0.5) is 5.82 Å². The Balaban J connectivity index is 2.64. The minimum Gasteiger partial charge on any atom is -0.317 e. The highest BCUT2D eigenvalue weighted by molar-refractivity contribution is 7.80. The van der Waals surface area contributed by atoms with Crippen LogP contribution in [-0.2, 0) is 7.05 Å². The zero-order valence-corrected chi connectivity index (χ0v) is 6.85. The van der Waals surface area contributed by atoms with Crippen LogP contribution in [0, 0.1) is 0 Å². The van der Waals surface area contributed by atoms with E-state index in [4.69, 9.17) is 18.1 Å². The first-order valence-electron chi connectivity index (χ1n) is 2.99. The zero-order chi connectivity index (χ0) is 8.27. The lowest BCUT2D eigenvalue weighted by molar-refractivity contribution is 0.777. The minimum absolute atomic E-state index is 0.369. The van der Waals surface area contributed by atoms with Crippen molar-refractivity contribution in [1.82, 2.24) is 15.2 Å². The van der Waals surface area contributed by atoms with Crippen molar-refractivity contribution >= 4 is 23.1 Å². The molecule has 0 aliphatic heterocycles. The van der Waals surface area contributed by atoms with Gasteiger partial charge in [0.15, 0.2) is 5.11 Å². The highest BCUT2D eigenvalue weighted by Crippen LogP contribution is 2.01. The van der Waals surface area contributed by atoms with Gasteiger partial charge in [0.1, 0.15) is 5.82 Å². The molecule has 4 N–H and O–H groups in total. The molecule has 0 saturated heterocycles. The predicted molar refractivity (Wildman–Crippen MR) is 46.8 cm³/mol. The number of hydrogen-bond acceptors (Lipinski definition) is 3. The second kappa shape index (κ2) is 3.31. The first-order valence-corrected chi connectivity index (χ1v) is 3.40. The molecule has 1 aromatic rings. The van der Waals surface area contributed by atoms with Crippen LogP contribution in [-0.4, -0.2) is 14.9 Å². The van der Waals surface area contributed by atoms with Gasteiger partial charge in [-0.1, -0.05) is 0 Å². The Morgan fingerprint density at radius 1 is 1.82 bits per heavy atom. The van der Waals surface area contributed by atoms with Crippen LogP contribution in [0.2, 0.25) is 0 Å². The molecular formula is C5H9N5S. The standard InChI is InChI=1S/C5H9N5S/c1-10-4(2-3-7-10)8-5(11)9-6/h2-3H,6H2,1H3,(H2,8,9,11). The van der Waals surface area contributed by atoms with E-state index in [1.54, 1.807) is 16.9 Å². The van der Waals surface area contributed by atoms with E-state index in [2.05, 4.69) is 15.8 Å². The highest BCUT2D eigenvalue weighted by atomic mass is 32.1. The fourth-order valence-corrected chi connectivity index (χ4v) is 0.754. The summed E-state index contributed by atoms with van der Waals surface area (Å²) in [5.41, 5.74) is 2.31. The van der Waals surface area contributed by atoms with Crippen molar-refractivity contribution in [3.05, 3.63) is 12.3 Å². The van der Waals surface area contributed by atoms with Crippen LogP contribution < -0.4 is 16.6 Å². The normalized spacial score (nSPS) is 9.27. The van der Waals surface area contributed by atoms with E-state index >= 15 is 0 Å². The summed E-state index contributed by atoms with van der Waals surface area (Å²) < 4.78 is 1.66. The predicted octanol–water partition coefficient (Wildman–Crippen LogP) is -0.420. The number of rotatable bonds is 1. The molecule has 1 aromatic heterocycles. The molecule has 0 unspecified atom stereocenters. The van der Waals surface area contributed by atoms with Crippen LogP contribution in [0.25, 0.3) is 0 Å². The van der Waals surface area contributed by atoms with Crippen molar-refractivity contribution in [2.75, 3.05) is 5.32 Å². The maximum Gasteiger partial charge on any atom is 0.186 e. The van der Waals surface area contributed by atoms with Crippen molar-refractivity contribution < 1.29 is 0 Å². The number of aromatic nitrogens is 2. The average molecular weight is 171 g/mol. The van der Waals surface area contributed by atoms with E-state index in [0.29, 0.717) is 5.11 Å². The van der Waals surface area contributed by atoms with E-state index in [-0.39, 0.29) is 0 Å². The molecule has 0 aliphatic carbocycles. The Morgan fingerprint density at radius 2 is 2.55 bits per heavy atom. The molecule has 0 aliphatic rings. The van der Waals surface area contributed by atoms with Crippen LogP contribution in [0.3, 0.4) is 0 Å². The smallest absolute Gasteiger partial charge is 0.186 e. The fraction of sp³-hybridized carbons (Fsp3) is 0.200. The van der Waals surface area contributed by atoms with Gasteiger partial charge < -0.3 is 10.7 Å². The van der Waals surface area contributed by atoms with Crippen LogP contribution in [0.1, 0.15) is 0 Å². The first kappa shape index (κ1) is 7.96. The Hall–Kier alpha value is -1.14. The topological polar surface area (TPSA) is 67.9 Å². The SMILES string of the molecule is Cn1nccc1NC(=S)NN. The maximum absolute atomic E-state index is 5.06. The van der Waals surface area contributed by atoms with E-state index in [9.17, 15) is 0 Å². The molecule has 0 bridgehead atoms. The number of thiocarbonyl (C=S) groups is 1. The summed E-state index contributed by atoms with van der Waals surface area (Å²) in [5, 5.41) is 7.13. The summed E-state index contributed by atoms with van der Waals surface area (Å²) in [6, 6.07) is 1.80. The van der Waals surface area contributed by atoms with Crippen LogP contribution in [0.15, 0.2) is 12.3 Å². The molecule has 0 fully saturated rings. The average Bonchev–Trinajstić information content (AvgIpc) is 2.37. The summed E-state index contributed by atoms with van der Waals surface area (Å²) >= 11 is 4.77. The molecule has 0 atom stereocenters. The number of hydrazine groups is 1. The second-order valence-electron chi connectivity index (χ2n) is 1.94. The van der Waals surface area contributed by atoms with Crippen molar-refractivity contribution in [2.24, 2.45) is 12.9 Å². The lowest BCUT2D eigenvalue weighted by atomic mass is 10.6. The molecule has 0 saturated carbocycles. The van der Waals surface area contributed by atoms with Gasteiger partial charge in [0, 0.05) is 13.1 Å². The quantitative estimate of drug-likeness (QED) is 0.304. The number of aryl methyl sites for hydroxylation is 1. The van der Waals surface area contributed by atoms with Gasteiger partial charge >= 0.3 is 0 Å². The van der Waals surface area contributed by atoms with Gasteiger partial charge in [0.25, 0.3) is 0 Å². The number of anilines is 1. The summed E-state index contributed by atoms with van der Waals surface area (Å²) in [5.74, 6) is 5.85. The third-order valence-electron chi connectivity index (χ3n) is 1.19. The van der Waals surface area contributed by atoms with Gasteiger partial charge in [0.05, 0.1) is 6.20 Å². The zero-order valence-electron chi connectivity index (χ0n) is 6.03. The van der Waals surface area contributed by atoms with Gasteiger partial charge in [-0.3, -0.25) is 4.68 Å². The second-order valence-corrected chi connectivity index (χ2v) is 2.35. The largest absolute Gasteiger partial charge is 0.317 e. The maximum atomic E-state index is 5.06. The van der Waals surface area contributed by atoms with Crippen molar-refractivity contribution in [1.29, 1.82) is 0 Å².